The Hall–Kier alpha value is -3.35. The molecule has 2 heterocycles. The van der Waals surface area contributed by atoms with Gasteiger partial charge in [0.05, 0.1) is 38.3 Å². The maximum absolute atomic E-state index is 11.4. The van der Waals surface area contributed by atoms with Crippen molar-refractivity contribution in [3.05, 3.63) is 57.6 Å². The summed E-state index contributed by atoms with van der Waals surface area (Å²) in [5.74, 6) is 2.26. The van der Waals surface area contributed by atoms with Gasteiger partial charge in [0.15, 0.2) is 0 Å². The summed E-state index contributed by atoms with van der Waals surface area (Å²) in [5.41, 5.74) is 5.71. The normalized spacial score (nSPS) is 19.9. The first-order chi connectivity index (χ1) is 24.0. The van der Waals surface area contributed by atoms with Gasteiger partial charge in [0.1, 0.15) is 11.5 Å². The number of carbonyl (C=O) groups is 1. The fraction of sp³-hybridized carbons (Fsp3) is 0.619. The van der Waals surface area contributed by atoms with E-state index in [0.717, 1.165) is 79.4 Å². The first-order valence-corrected chi connectivity index (χ1v) is 19.1. The van der Waals surface area contributed by atoms with Crippen LogP contribution in [0.3, 0.4) is 0 Å². The zero-order valence-electron chi connectivity index (χ0n) is 32.6. The van der Waals surface area contributed by atoms with Crippen LogP contribution in [-0.4, -0.2) is 92.6 Å². The Morgan fingerprint density at radius 1 is 0.827 bits per heavy atom. The Kier molecular flexibility index (Phi) is 15.8. The zero-order chi connectivity index (χ0) is 37.3. The fourth-order valence-electron chi connectivity index (χ4n) is 7.66. The number of amidine groups is 1. The van der Waals surface area contributed by atoms with Crippen molar-refractivity contribution in [1.29, 1.82) is 0 Å². The van der Waals surface area contributed by atoms with Crippen molar-refractivity contribution < 1.29 is 47.2 Å². The van der Waals surface area contributed by atoms with Crippen molar-refractivity contribution >= 4 is 24.4 Å². The predicted molar refractivity (Wildman–Crippen MR) is 208 cm³/mol. The molecule has 286 valence electrons. The van der Waals surface area contributed by atoms with Crippen molar-refractivity contribution in [3.8, 4) is 11.5 Å². The van der Waals surface area contributed by atoms with Crippen LogP contribution in [0.4, 0.5) is 4.79 Å². The fourth-order valence-corrected chi connectivity index (χ4v) is 7.66. The van der Waals surface area contributed by atoms with Crippen molar-refractivity contribution in [2.24, 2.45) is 9.98 Å². The summed E-state index contributed by atoms with van der Waals surface area (Å²) < 4.78 is 2.63. The zero-order valence-corrected chi connectivity index (χ0v) is 33.9. The second kappa shape index (κ2) is 19.1. The van der Waals surface area contributed by atoms with E-state index < -0.39 is 6.16 Å². The molecule has 0 bridgehead atoms. The summed E-state index contributed by atoms with van der Waals surface area (Å²) >= 11 is 0. The second-order valence-electron chi connectivity index (χ2n) is 16.7. The van der Waals surface area contributed by atoms with Gasteiger partial charge in [-0.3, -0.25) is 19.5 Å². The molecule has 1 fully saturated rings. The molecule has 3 aliphatic rings. The Morgan fingerprint density at radius 3 is 2.02 bits per heavy atom. The van der Waals surface area contributed by atoms with E-state index in [4.69, 9.17) is 25.0 Å². The number of rotatable bonds is 8. The first kappa shape index (κ1) is 43.1. The van der Waals surface area contributed by atoms with Crippen molar-refractivity contribution in [1.82, 2.24) is 4.90 Å². The van der Waals surface area contributed by atoms with Gasteiger partial charge < -0.3 is 20.4 Å². The Balaban J connectivity index is 0.00000139. The number of carboxylic acid groups (broad SMARTS) is 2. The molecule has 0 radical (unpaired) electrons. The van der Waals surface area contributed by atoms with E-state index in [1.807, 2.05) is 12.4 Å². The largest absolute Gasteiger partial charge is 0.507 e. The standard InChI is InChI=1S/C41H60N4O2.CH2O3.Cr/c1-29-23-30(15-13-20-45-22-14-21-44-19-12-8-9-18-37(44)45)38(46)31(24-29)27-42-35-16-10-11-17-36(35)43-28-32-25-33(40(2,3)4)26-34(39(32)47)41(5,6)7;2-1(3)4;/h23-28,35-36H,8-22H2,1-7H3,(H-,42,43,46,47);(H2,2,3,4);/p+1. The van der Waals surface area contributed by atoms with Crippen LogP contribution in [0.1, 0.15) is 139 Å². The van der Waals surface area contributed by atoms with Gasteiger partial charge in [-0.05, 0) is 91.5 Å². The van der Waals surface area contributed by atoms with Gasteiger partial charge in [-0.15, -0.1) is 0 Å². The monoisotopic (exact) mass is 755 g/mol. The van der Waals surface area contributed by atoms with Crippen LogP contribution < -0.4 is 0 Å². The van der Waals surface area contributed by atoms with Gasteiger partial charge in [0.25, 0.3) is 0 Å². The molecular formula is C42H63CrN4O5+. The predicted octanol–water partition coefficient (Wildman–Crippen LogP) is 8.69. The molecular weight excluding hydrogens is 692 g/mol. The van der Waals surface area contributed by atoms with Crippen LogP contribution in [0, 0.1) is 6.92 Å². The molecule has 2 aromatic rings. The summed E-state index contributed by atoms with van der Waals surface area (Å²) in [5, 5.41) is 36.6. The van der Waals surface area contributed by atoms with E-state index in [1.165, 1.54) is 50.8 Å². The van der Waals surface area contributed by atoms with Gasteiger partial charge >= 0.3 is 6.16 Å². The maximum Gasteiger partial charge on any atom is 0.503 e. The third kappa shape index (κ3) is 12.1. The summed E-state index contributed by atoms with van der Waals surface area (Å²) in [6, 6.07) is 8.55. The molecule has 2 unspecified atom stereocenters. The first-order valence-electron chi connectivity index (χ1n) is 19.1. The number of aliphatic imine (C=N–C) groups is 2. The van der Waals surface area contributed by atoms with Gasteiger partial charge in [-0.2, -0.15) is 0 Å². The molecule has 1 aliphatic carbocycles. The molecule has 1 saturated carbocycles. The summed E-state index contributed by atoms with van der Waals surface area (Å²) in [6.45, 7) is 19.8. The number of aryl methyl sites for hydroxylation is 2. The van der Waals surface area contributed by atoms with E-state index in [9.17, 15) is 10.2 Å². The number of aromatic hydroxyl groups is 2. The topological polar surface area (TPSA) is 129 Å². The second-order valence-corrected chi connectivity index (χ2v) is 16.7. The molecule has 0 aromatic heterocycles. The molecule has 9 nitrogen and oxygen atoms in total. The average Bonchev–Trinajstić information content (AvgIpc) is 3.30. The molecule has 5 rings (SSSR count). The molecule has 0 spiro atoms. The Labute approximate surface area is 322 Å². The quantitative estimate of drug-likeness (QED) is 0.158. The summed E-state index contributed by atoms with van der Waals surface area (Å²) in [7, 11) is 0. The van der Waals surface area contributed by atoms with E-state index in [0.29, 0.717) is 11.5 Å². The number of nitrogens with zero attached hydrogens (tertiary/aromatic N) is 4. The van der Waals surface area contributed by atoms with Gasteiger partial charge in [0, 0.05) is 59.3 Å². The minimum absolute atomic E-state index is 0. The number of phenols is 2. The number of phenolic OH excluding ortho intramolecular Hbond substituents is 2. The Bertz CT molecular complexity index is 1600. The van der Waals surface area contributed by atoms with Gasteiger partial charge in [0.2, 0.25) is 5.84 Å². The Morgan fingerprint density at radius 2 is 1.42 bits per heavy atom. The molecule has 2 aromatic carbocycles. The summed E-state index contributed by atoms with van der Waals surface area (Å²) in [6.07, 6.45) is 14.5. The molecule has 2 atom stereocenters. The molecule has 4 N–H and O–H groups in total. The third-order valence-corrected chi connectivity index (χ3v) is 10.5. The van der Waals surface area contributed by atoms with Crippen LogP contribution in [0.25, 0.3) is 0 Å². The maximum atomic E-state index is 11.4. The molecule has 2 aliphatic heterocycles. The van der Waals surface area contributed by atoms with E-state index in [2.05, 4.69) is 82.2 Å². The third-order valence-electron chi connectivity index (χ3n) is 10.5. The van der Waals surface area contributed by atoms with Crippen LogP contribution in [0.5, 0.6) is 11.5 Å². The SMILES string of the molecule is Cc1cc(C=NC2CCCCC2N=Cc2cc(C(C)(C)C)cc(C(C)(C)C)c2O)c(O)c(CCCN2CCC[N+]3=C2CCCCC3)c1.O=C(O)O.[Cr]. The number of hydrogen-bond acceptors (Lipinski definition) is 6. The van der Waals surface area contributed by atoms with Crippen LogP contribution >= 0.6 is 0 Å². The van der Waals surface area contributed by atoms with Crippen LogP contribution in [-0.2, 0) is 34.6 Å². The molecule has 52 heavy (non-hydrogen) atoms. The van der Waals surface area contributed by atoms with Crippen LogP contribution in [0.2, 0.25) is 0 Å². The molecule has 0 saturated heterocycles. The molecule has 10 heteroatoms. The number of benzene rings is 2. The van der Waals surface area contributed by atoms with Crippen molar-refractivity contribution in [2.45, 2.75) is 142 Å². The molecule has 0 amide bonds. The van der Waals surface area contributed by atoms with E-state index >= 15 is 0 Å². The average molecular weight is 756 g/mol. The van der Waals surface area contributed by atoms with E-state index in [1.54, 1.807) is 5.84 Å². The van der Waals surface area contributed by atoms with Crippen molar-refractivity contribution in [3.63, 3.8) is 0 Å². The van der Waals surface area contributed by atoms with E-state index in [-0.39, 0.29) is 40.3 Å². The number of hydrogen-bond donors (Lipinski definition) is 4. The van der Waals surface area contributed by atoms with Gasteiger partial charge in [-0.1, -0.05) is 66.5 Å². The minimum Gasteiger partial charge on any atom is -0.507 e. The summed E-state index contributed by atoms with van der Waals surface area (Å²) in [4.78, 5) is 21.3. The van der Waals surface area contributed by atoms with Gasteiger partial charge in [-0.25, -0.2) is 4.79 Å². The smallest absolute Gasteiger partial charge is 0.503 e. The minimum atomic E-state index is -1.83. The van der Waals surface area contributed by atoms with Crippen LogP contribution in [0.15, 0.2) is 34.3 Å². The van der Waals surface area contributed by atoms with Crippen molar-refractivity contribution in [2.75, 3.05) is 26.2 Å².